The van der Waals surface area contributed by atoms with Crippen LogP contribution in [0.5, 0.6) is 0 Å². The van der Waals surface area contributed by atoms with Crippen molar-refractivity contribution in [3.05, 3.63) is 42.2 Å². The zero-order chi connectivity index (χ0) is 13.9. The minimum Gasteiger partial charge on any atom is -0.369 e. The number of piperazine rings is 1. The Morgan fingerprint density at radius 2 is 1.75 bits per heavy atom. The van der Waals surface area contributed by atoms with E-state index in [0.29, 0.717) is 5.92 Å². The van der Waals surface area contributed by atoms with Crippen LogP contribution in [0.25, 0.3) is 0 Å². The second-order valence-electron chi connectivity index (χ2n) is 5.81. The predicted molar refractivity (Wildman–Crippen MR) is 80.3 cm³/mol. The molecule has 108 valence electrons. The van der Waals surface area contributed by atoms with Crippen LogP contribution in [0.15, 0.2) is 36.4 Å². The van der Waals surface area contributed by atoms with Gasteiger partial charge in [0.1, 0.15) is 5.82 Å². The molecule has 20 heavy (non-hydrogen) atoms. The molecular formula is C16H22FN3. The lowest BCUT2D eigenvalue weighted by atomic mass is 10.1. The van der Waals surface area contributed by atoms with Crippen molar-refractivity contribution in [2.75, 3.05) is 37.6 Å². The highest BCUT2D eigenvalue weighted by Crippen LogP contribution is 2.20. The van der Waals surface area contributed by atoms with Crippen LogP contribution >= 0.6 is 0 Å². The van der Waals surface area contributed by atoms with Crippen LogP contribution in [-0.2, 0) is 0 Å². The summed E-state index contributed by atoms with van der Waals surface area (Å²) in [4.78, 5) is 4.83. The van der Waals surface area contributed by atoms with Gasteiger partial charge in [-0.25, -0.2) is 4.39 Å². The maximum Gasteiger partial charge on any atom is 0.123 e. The topological polar surface area (TPSA) is 32.5 Å². The van der Waals surface area contributed by atoms with E-state index in [1.54, 1.807) is 0 Å². The lowest BCUT2D eigenvalue weighted by Gasteiger charge is -2.37. The first-order chi connectivity index (χ1) is 9.70. The molecule has 3 rings (SSSR count). The van der Waals surface area contributed by atoms with E-state index < -0.39 is 0 Å². The summed E-state index contributed by atoms with van der Waals surface area (Å²) >= 11 is 0. The van der Waals surface area contributed by atoms with Crippen molar-refractivity contribution in [1.29, 1.82) is 0 Å². The van der Waals surface area contributed by atoms with Crippen molar-refractivity contribution in [3.8, 4) is 0 Å². The average molecular weight is 275 g/mol. The molecular weight excluding hydrogens is 253 g/mol. The fourth-order valence-corrected chi connectivity index (χ4v) is 3.11. The number of benzene rings is 1. The number of halogens is 1. The van der Waals surface area contributed by atoms with Gasteiger partial charge in [-0.2, -0.15) is 0 Å². The van der Waals surface area contributed by atoms with E-state index in [9.17, 15) is 4.39 Å². The van der Waals surface area contributed by atoms with Gasteiger partial charge in [-0.15, -0.1) is 0 Å². The first-order valence-electron chi connectivity index (χ1n) is 7.37. The summed E-state index contributed by atoms with van der Waals surface area (Å²) in [5.74, 6) is 0.444. The fraction of sp³-hybridized carbons (Fsp3) is 0.500. The van der Waals surface area contributed by atoms with E-state index in [-0.39, 0.29) is 11.9 Å². The molecule has 2 aliphatic rings. The van der Waals surface area contributed by atoms with Gasteiger partial charge >= 0.3 is 0 Å². The Morgan fingerprint density at radius 3 is 2.35 bits per heavy atom. The second-order valence-corrected chi connectivity index (χ2v) is 5.81. The number of nitrogens with zero attached hydrogens (tertiary/aromatic N) is 2. The van der Waals surface area contributed by atoms with Gasteiger partial charge in [0.15, 0.2) is 0 Å². The third-order valence-corrected chi connectivity index (χ3v) is 4.26. The molecule has 0 saturated carbocycles. The van der Waals surface area contributed by atoms with E-state index >= 15 is 0 Å². The van der Waals surface area contributed by atoms with E-state index in [1.165, 1.54) is 12.1 Å². The first-order valence-corrected chi connectivity index (χ1v) is 7.37. The van der Waals surface area contributed by atoms with Crippen molar-refractivity contribution < 1.29 is 4.39 Å². The molecule has 2 unspecified atom stereocenters. The van der Waals surface area contributed by atoms with Crippen LogP contribution in [0.1, 0.15) is 6.42 Å². The highest BCUT2D eigenvalue weighted by Gasteiger charge is 2.22. The Hall–Kier alpha value is -1.39. The normalized spacial score (nSPS) is 27.2. The van der Waals surface area contributed by atoms with Crippen molar-refractivity contribution in [2.45, 2.75) is 12.5 Å². The van der Waals surface area contributed by atoms with Crippen LogP contribution in [0, 0.1) is 11.7 Å². The predicted octanol–water partition coefficient (Wildman–Crippen LogP) is 1.85. The number of rotatable bonds is 3. The van der Waals surface area contributed by atoms with Gasteiger partial charge in [-0.1, -0.05) is 12.2 Å². The summed E-state index contributed by atoms with van der Waals surface area (Å²) < 4.78 is 12.9. The Balaban J connectivity index is 1.49. The molecule has 1 heterocycles. The van der Waals surface area contributed by atoms with Gasteiger partial charge in [0.25, 0.3) is 0 Å². The molecule has 0 amide bonds. The summed E-state index contributed by atoms with van der Waals surface area (Å²) in [6, 6.07) is 7.05. The second kappa shape index (κ2) is 5.94. The third-order valence-electron chi connectivity index (χ3n) is 4.26. The van der Waals surface area contributed by atoms with E-state index in [1.807, 2.05) is 12.1 Å². The summed E-state index contributed by atoms with van der Waals surface area (Å²) in [5.41, 5.74) is 7.02. The molecule has 2 N–H and O–H groups in total. The molecule has 0 aromatic heterocycles. The molecule has 1 aromatic rings. The van der Waals surface area contributed by atoms with Crippen molar-refractivity contribution >= 4 is 5.69 Å². The van der Waals surface area contributed by atoms with E-state index in [4.69, 9.17) is 5.73 Å². The first kappa shape index (κ1) is 13.6. The minimum absolute atomic E-state index is 0.170. The smallest absolute Gasteiger partial charge is 0.123 e. The fourth-order valence-electron chi connectivity index (χ4n) is 3.11. The summed E-state index contributed by atoms with van der Waals surface area (Å²) in [6.45, 7) is 5.26. The number of hydrogen-bond acceptors (Lipinski definition) is 3. The molecule has 4 heteroatoms. The Bertz CT molecular complexity index is 463. The van der Waals surface area contributed by atoms with E-state index in [0.717, 1.165) is 44.8 Å². The van der Waals surface area contributed by atoms with Crippen molar-refractivity contribution in [3.63, 3.8) is 0 Å². The molecule has 1 aliphatic carbocycles. The monoisotopic (exact) mass is 275 g/mol. The van der Waals surface area contributed by atoms with Gasteiger partial charge in [0, 0.05) is 44.5 Å². The van der Waals surface area contributed by atoms with Gasteiger partial charge in [-0.3, -0.25) is 4.90 Å². The van der Waals surface area contributed by atoms with Crippen LogP contribution < -0.4 is 10.6 Å². The Labute approximate surface area is 119 Å². The largest absolute Gasteiger partial charge is 0.369 e. The Morgan fingerprint density at radius 1 is 1.05 bits per heavy atom. The zero-order valence-corrected chi connectivity index (χ0v) is 11.7. The van der Waals surface area contributed by atoms with Gasteiger partial charge in [0.2, 0.25) is 0 Å². The summed E-state index contributed by atoms with van der Waals surface area (Å²) in [7, 11) is 0. The van der Waals surface area contributed by atoms with Crippen molar-refractivity contribution in [1.82, 2.24) is 4.90 Å². The molecule has 2 atom stereocenters. The molecule has 0 spiro atoms. The number of nitrogens with two attached hydrogens (primary N) is 1. The average Bonchev–Trinajstić information content (AvgIpc) is 2.86. The van der Waals surface area contributed by atoms with Crippen LogP contribution in [0.3, 0.4) is 0 Å². The molecule has 1 aliphatic heterocycles. The zero-order valence-electron chi connectivity index (χ0n) is 11.7. The third kappa shape index (κ3) is 3.19. The molecule has 3 nitrogen and oxygen atoms in total. The van der Waals surface area contributed by atoms with Crippen molar-refractivity contribution in [2.24, 2.45) is 11.7 Å². The lowest BCUT2D eigenvalue weighted by molar-refractivity contribution is 0.232. The van der Waals surface area contributed by atoms with E-state index in [2.05, 4.69) is 22.0 Å². The minimum atomic E-state index is -0.170. The van der Waals surface area contributed by atoms with Gasteiger partial charge in [0.05, 0.1) is 0 Å². The maximum absolute atomic E-state index is 12.9. The molecule has 1 aromatic carbocycles. The van der Waals surface area contributed by atoms with Crippen LogP contribution in [0.4, 0.5) is 10.1 Å². The molecule has 1 fully saturated rings. The van der Waals surface area contributed by atoms with Gasteiger partial charge < -0.3 is 10.6 Å². The summed E-state index contributed by atoms with van der Waals surface area (Å²) in [5, 5.41) is 0. The molecule has 0 radical (unpaired) electrons. The Kier molecular flexibility index (Phi) is 4.03. The molecule has 1 saturated heterocycles. The standard InChI is InChI=1S/C16H22FN3/c17-14-2-5-16(6-3-14)20-9-7-19(8-10-20)12-13-1-4-15(18)11-13/h1-6,13,15H,7-12,18H2. The highest BCUT2D eigenvalue weighted by molar-refractivity contribution is 5.46. The maximum atomic E-state index is 12.9. The SMILES string of the molecule is NC1C=CC(CN2CCN(c3ccc(F)cc3)CC2)C1. The lowest BCUT2D eigenvalue weighted by Crippen LogP contribution is -2.47. The number of hydrogen-bond donors (Lipinski definition) is 1. The van der Waals surface area contributed by atoms with Gasteiger partial charge in [-0.05, 0) is 36.6 Å². The highest BCUT2D eigenvalue weighted by atomic mass is 19.1. The quantitative estimate of drug-likeness (QED) is 0.855. The molecule has 0 bridgehead atoms. The summed E-state index contributed by atoms with van der Waals surface area (Å²) in [6.07, 6.45) is 5.47. The number of anilines is 1. The van der Waals surface area contributed by atoms with Crippen LogP contribution in [-0.4, -0.2) is 43.7 Å². The van der Waals surface area contributed by atoms with Crippen LogP contribution in [0.2, 0.25) is 0 Å².